The molecule has 1 N–H and O–H groups in total. The number of carbonyl (C=O) groups is 1. The third-order valence-electron chi connectivity index (χ3n) is 3.64. The van der Waals surface area contributed by atoms with Crippen molar-refractivity contribution in [1.82, 2.24) is 0 Å². The molecule has 1 heterocycles. The van der Waals surface area contributed by atoms with Crippen molar-refractivity contribution in [3.63, 3.8) is 0 Å². The smallest absolute Gasteiger partial charge is 0.265 e. The highest BCUT2D eigenvalue weighted by atomic mass is 16.7. The summed E-state index contributed by atoms with van der Waals surface area (Å²) in [5.74, 6) is 2.43. The van der Waals surface area contributed by atoms with Crippen LogP contribution in [0.15, 0.2) is 42.5 Å². The van der Waals surface area contributed by atoms with Crippen molar-refractivity contribution in [1.29, 1.82) is 0 Å². The van der Waals surface area contributed by atoms with Gasteiger partial charge in [-0.05, 0) is 42.8 Å². The zero-order chi connectivity index (χ0) is 16.9. The lowest BCUT2D eigenvalue weighted by atomic mass is 10.2. The molecular weight excluding hydrogens is 310 g/mol. The zero-order valence-electron chi connectivity index (χ0n) is 13.6. The minimum Gasteiger partial charge on any atom is -0.497 e. The molecule has 0 radical (unpaired) electrons. The zero-order valence-corrected chi connectivity index (χ0v) is 13.6. The van der Waals surface area contributed by atoms with Gasteiger partial charge in [-0.25, -0.2) is 0 Å². The summed E-state index contributed by atoms with van der Waals surface area (Å²) in [5.41, 5.74) is 0.640. The monoisotopic (exact) mass is 329 g/mol. The molecule has 3 rings (SSSR count). The first-order valence-corrected chi connectivity index (χ1v) is 7.71. The van der Waals surface area contributed by atoms with Crippen LogP contribution in [0.5, 0.6) is 23.0 Å². The van der Waals surface area contributed by atoms with Crippen LogP contribution < -0.4 is 24.3 Å². The fourth-order valence-electron chi connectivity index (χ4n) is 2.34. The Hall–Kier alpha value is -2.89. The van der Waals surface area contributed by atoms with Crippen molar-refractivity contribution in [2.75, 3.05) is 19.2 Å². The Morgan fingerprint density at radius 1 is 1.12 bits per heavy atom. The third kappa shape index (κ3) is 3.53. The maximum absolute atomic E-state index is 12.4. The SMILES string of the molecule is CC[C@H](Oc1ccc(OC)cc1)C(=O)Nc1ccc2c(c1)OCO2. The average Bonchev–Trinajstić information content (AvgIpc) is 3.07. The van der Waals surface area contributed by atoms with Crippen LogP contribution in [0.2, 0.25) is 0 Å². The summed E-state index contributed by atoms with van der Waals surface area (Å²) >= 11 is 0. The van der Waals surface area contributed by atoms with Gasteiger partial charge in [0, 0.05) is 11.8 Å². The van der Waals surface area contributed by atoms with Crippen molar-refractivity contribution in [3.8, 4) is 23.0 Å². The van der Waals surface area contributed by atoms with E-state index in [1.807, 2.05) is 6.92 Å². The molecule has 0 unspecified atom stereocenters. The Balaban J connectivity index is 1.65. The predicted molar refractivity (Wildman–Crippen MR) is 88.9 cm³/mol. The number of anilines is 1. The van der Waals surface area contributed by atoms with Gasteiger partial charge in [0.25, 0.3) is 5.91 Å². The number of nitrogens with one attached hydrogen (secondary N) is 1. The number of benzene rings is 2. The van der Waals surface area contributed by atoms with E-state index in [2.05, 4.69) is 5.32 Å². The van der Waals surface area contributed by atoms with E-state index in [9.17, 15) is 4.79 Å². The fourth-order valence-corrected chi connectivity index (χ4v) is 2.34. The third-order valence-corrected chi connectivity index (χ3v) is 3.64. The molecule has 0 aromatic heterocycles. The molecule has 1 amide bonds. The molecule has 6 heteroatoms. The van der Waals surface area contributed by atoms with Crippen molar-refractivity contribution in [2.45, 2.75) is 19.4 Å². The van der Waals surface area contributed by atoms with E-state index in [0.717, 1.165) is 5.75 Å². The van der Waals surface area contributed by atoms with Gasteiger partial charge in [-0.1, -0.05) is 6.92 Å². The molecule has 0 saturated heterocycles. The van der Waals surface area contributed by atoms with Crippen LogP contribution in [0.4, 0.5) is 5.69 Å². The fraction of sp³-hybridized carbons (Fsp3) is 0.278. The van der Waals surface area contributed by atoms with Gasteiger partial charge in [-0.2, -0.15) is 0 Å². The van der Waals surface area contributed by atoms with Gasteiger partial charge in [-0.15, -0.1) is 0 Å². The lowest BCUT2D eigenvalue weighted by Gasteiger charge is -2.17. The quantitative estimate of drug-likeness (QED) is 0.881. The molecule has 126 valence electrons. The van der Waals surface area contributed by atoms with Crippen molar-refractivity contribution in [2.24, 2.45) is 0 Å². The molecule has 24 heavy (non-hydrogen) atoms. The van der Waals surface area contributed by atoms with E-state index in [1.165, 1.54) is 0 Å². The van der Waals surface area contributed by atoms with Crippen LogP contribution in [0.25, 0.3) is 0 Å². The molecule has 0 spiro atoms. The molecule has 6 nitrogen and oxygen atoms in total. The van der Waals surface area contributed by atoms with E-state index in [1.54, 1.807) is 49.6 Å². The summed E-state index contributed by atoms with van der Waals surface area (Å²) in [6.45, 7) is 2.10. The molecule has 0 fully saturated rings. The number of ether oxygens (including phenoxy) is 4. The molecular formula is C18H19NO5. The first-order chi connectivity index (χ1) is 11.7. The second-order valence-corrected chi connectivity index (χ2v) is 5.25. The molecule has 0 bridgehead atoms. The lowest BCUT2D eigenvalue weighted by molar-refractivity contribution is -0.122. The molecule has 1 aliphatic rings. The Morgan fingerprint density at radius 3 is 2.54 bits per heavy atom. The van der Waals surface area contributed by atoms with Crippen LogP contribution in [0, 0.1) is 0 Å². The van der Waals surface area contributed by atoms with Gasteiger partial charge in [0.1, 0.15) is 11.5 Å². The average molecular weight is 329 g/mol. The molecule has 1 aliphatic heterocycles. The van der Waals surface area contributed by atoms with Crippen molar-refractivity contribution < 1.29 is 23.7 Å². The van der Waals surface area contributed by atoms with Crippen LogP contribution in [0.1, 0.15) is 13.3 Å². The number of hydrogen-bond donors (Lipinski definition) is 1. The lowest BCUT2D eigenvalue weighted by Crippen LogP contribution is -2.32. The highest BCUT2D eigenvalue weighted by Crippen LogP contribution is 2.34. The Bertz CT molecular complexity index is 714. The summed E-state index contributed by atoms with van der Waals surface area (Å²) < 4.78 is 21.4. The molecule has 2 aromatic rings. The summed E-state index contributed by atoms with van der Waals surface area (Å²) in [7, 11) is 1.60. The highest BCUT2D eigenvalue weighted by molar-refractivity contribution is 5.94. The van der Waals surface area contributed by atoms with E-state index >= 15 is 0 Å². The van der Waals surface area contributed by atoms with Crippen LogP contribution in [0.3, 0.4) is 0 Å². The van der Waals surface area contributed by atoms with Gasteiger partial charge < -0.3 is 24.3 Å². The maximum atomic E-state index is 12.4. The van der Waals surface area contributed by atoms with E-state index < -0.39 is 6.10 Å². The summed E-state index contributed by atoms with van der Waals surface area (Å²) in [5, 5.41) is 2.84. The molecule has 1 atom stereocenters. The largest absolute Gasteiger partial charge is 0.497 e. The normalized spacial score (nSPS) is 13.2. The van der Waals surface area contributed by atoms with Crippen molar-refractivity contribution in [3.05, 3.63) is 42.5 Å². The summed E-state index contributed by atoms with van der Waals surface area (Å²) in [6.07, 6.45) is -0.0496. The number of fused-ring (bicyclic) bond motifs is 1. The van der Waals surface area contributed by atoms with Gasteiger partial charge in [0.15, 0.2) is 17.6 Å². The number of hydrogen-bond acceptors (Lipinski definition) is 5. The predicted octanol–water partition coefficient (Wildman–Crippen LogP) is 3.22. The minimum atomic E-state index is -0.594. The highest BCUT2D eigenvalue weighted by Gasteiger charge is 2.20. The van der Waals surface area contributed by atoms with Gasteiger partial charge in [0.2, 0.25) is 6.79 Å². The van der Waals surface area contributed by atoms with E-state index in [-0.39, 0.29) is 12.7 Å². The Kier molecular flexibility index (Phi) is 4.74. The summed E-state index contributed by atoms with van der Waals surface area (Å²) in [6, 6.07) is 12.4. The minimum absolute atomic E-state index is 0.199. The van der Waals surface area contributed by atoms with Gasteiger partial charge in [-0.3, -0.25) is 4.79 Å². The van der Waals surface area contributed by atoms with Gasteiger partial charge in [0.05, 0.1) is 7.11 Å². The maximum Gasteiger partial charge on any atom is 0.265 e. The Labute approximate surface area is 140 Å². The van der Waals surface area contributed by atoms with E-state index in [4.69, 9.17) is 18.9 Å². The molecule has 2 aromatic carbocycles. The molecule has 0 aliphatic carbocycles. The van der Waals surface area contributed by atoms with E-state index in [0.29, 0.717) is 29.4 Å². The van der Waals surface area contributed by atoms with Crippen LogP contribution >= 0.6 is 0 Å². The molecule has 0 saturated carbocycles. The number of methoxy groups -OCH3 is 1. The van der Waals surface area contributed by atoms with Crippen LogP contribution in [-0.2, 0) is 4.79 Å². The summed E-state index contributed by atoms with van der Waals surface area (Å²) in [4.78, 5) is 12.4. The standard InChI is InChI=1S/C18H19NO5/c1-3-15(24-14-7-5-13(21-2)6-8-14)18(20)19-12-4-9-16-17(10-12)23-11-22-16/h4-10,15H,3,11H2,1-2H3,(H,19,20)/t15-/m0/s1. The second-order valence-electron chi connectivity index (χ2n) is 5.25. The first kappa shape index (κ1) is 16.0. The number of amides is 1. The van der Waals surface area contributed by atoms with Crippen LogP contribution in [-0.4, -0.2) is 25.9 Å². The second kappa shape index (κ2) is 7.12. The number of rotatable bonds is 6. The topological polar surface area (TPSA) is 66.0 Å². The van der Waals surface area contributed by atoms with Crippen molar-refractivity contribution >= 4 is 11.6 Å². The van der Waals surface area contributed by atoms with Gasteiger partial charge >= 0.3 is 0 Å². The number of carbonyl (C=O) groups excluding carboxylic acids is 1. The Morgan fingerprint density at radius 2 is 1.83 bits per heavy atom. The first-order valence-electron chi connectivity index (χ1n) is 7.71.